The Morgan fingerprint density at radius 1 is 1.23 bits per heavy atom. The summed E-state index contributed by atoms with van der Waals surface area (Å²) in [6.45, 7) is 1.53. The Labute approximate surface area is 81.3 Å². The lowest BCUT2D eigenvalue weighted by Gasteiger charge is -2.26. The van der Waals surface area contributed by atoms with Gasteiger partial charge in [0.2, 0.25) is 5.91 Å². The van der Waals surface area contributed by atoms with Crippen LogP contribution in [0.25, 0.3) is 0 Å². The van der Waals surface area contributed by atoms with E-state index in [1.54, 1.807) is 4.90 Å². The molecule has 74 valence electrons. The van der Waals surface area contributed by atoms with Gasteiger partial charge in [-0.1, -0.05) is 0 Å². The molecule has 0 spiro atoms. The van der Waals surface area contributed by atoms with Crippen molar-refractivity contribution in [3.8, 4) is 0 Å². The van der Waals surface area contributed by atoms with Gasteiger partial charge in [0.1, 0.15) is 0 Å². The van der Waals surface area contributed by atoms with Crippen molar-refractivity contribution < 1.29 is 14.7 Å². The lowest BCUT2D eigenvalue weighted by molar-refractivity contribution is -0.140. The first kappa shape index (κ1) is 10.4. The average molecular weight is 203 g/mol. The number of aliphatic carboxylic acids is 1. The number of hydrogen-bond acceptors (Lipinski definition) is 3. The maximum Gasteiger partial charge on any atom is 0.303 e. The molecule has 0 radical (unpaired) electrons. The van der Waals surface area contributed by atoms with E-state index in [9.17, 15) is 9.59 Å². The molecule has 1 N–H and O–H groups in total. The maximum atomic E-state index is 11.4. The first-order valence-corrected chi connectivity index (χ1v) is 5.43. The molecule has 0 aromatic rings. The molecule has 1 amide bonds. The van der Waals surface area contributed by atoms with Gasteiger partial charge in [-0.15, -0.1) is 0 Å². The van der Waals surface area contributed by atoms with Crippen LogP contribution >= 0.6 is 11.8 Å². The molecular formula is C8H13NO3S. The van der Waals surface area contributed by atoms with E-state index in [1.165, 1.54) is 0 Å². The molecule has 0 saturated carbocycles. The summed E-state index contributed by atoms with van der Waals surface area (Å²) < 4.78 is 0. The van der Waals surface area contributed by atoms with E-state index < -0.39 is 5.97 Å². The molecule has 1 aliphatic rings. The minimum atomic E-state index is -0.903. The molecule has 0 atom stereocenters. The summed E-state index contributed by atoms with van der Waals surface area (Å²) in [7, 11) is 0. The topological polar surface area (TPSA) is 57.6 Å². The van der Waals surface area contributed by atoms with Crippen molar-refractivity contribution in [2.75, 3.05) is 24.6 Å². The quantitative estimate of drug-likeness (QED) is 0.722. The molecule has 1 rings (SSSR count). The highest BCUT2D eigenvalue weighted by Crippen LogP contribution is 2.10. The van der Waals surface area contributed by atoms with Crippen molar-refractivity contribution in [3.05, 3.63) is 0 Å². The number of nitrogens with zero attached hydrogens (tertiary/aromatic N) is 1. The fourth-order valence-electron chi connectivity index (χ4n) is 1.18. The smallest absolute Gasteiger partial charge is 0.303 e. The summed E-state index contributed by atoms with van der Waals surface area (Å²) in [4.78, 5) is 23.3. The van der Waals surface area contributed by atoms with Crippen LogP contribution in [-0.2, 0) is 9.59 Å². The van der Waals surface area contributed by atoms with Crippen molar-refractivity contribution in [1.82, 2.24) is 4.90 Å². The van der Waals surface area contributed by atoms with E-state index in [1.807, 2.05) is 11.8 Å². The van der Waals surface area contributed by atoms with Crippen LogP contribution in [-0.4, -0.2) is 46.5 Å². The van der Waals surface area contributed by atoms with E-state index in [-0.39, 0.29) is 18.7 Å². The van der Waals surface area contributed by atoms with E-state index in [0.29, 0.717) is 0 Å². The van der Waals surface area contributed by atoms with Crippen LogP contribution in [0.2, 0.25) is 0 Å². The van der Waals surface area contributed by atoms with Crippen LogP contribution in [0.15, 0.2) is 0 Å². The standard InChI is InChI=1S/C8H13NO3S/c10-7(1-2-8(11)12)9-3-5-13-6-4-9/h1-6H2,(H,11,12). The SMILES string of the molecule is O=C(O)CCC(=O)N1CCSCC1. The number of hydrogen-bond donors (Lipinski definition) is 1. The van der Waals surface area contributed by atoms with Gasteiger partial charge in [0, 0.05) is 31.0 Å². The first-order chi connectivity index (χ1) is 6.20. The summed E-state index contributed by atoms with van der Waals surface area (Å²) in [6, 6.07) is 0. The number of thioether (sulfide) groups is 1. The Balaban J connectivity index is 2.25. The number of carboxylic acids is 1. The second-order valence-electron chi connectivity index (χ2n) is 2.89. The lowest BCUT2D eigenvalue weighted by atomic mass is 10.3. The summed E-state index contributed by atoms with van der Waals surface area (Å²) in [5.41, 5.74) is 0. The summed E-state index contributed by atoms with van der Waals surface area (Å²) in [5, 5.41) is 8.39. The third kappa shape index (κ3) is 3.67. The molecule has 0 aromatic carbocycles. The Morgan fingerprint density at radius 3 is 2.38 bits per heavy atom. The van der Waals surface area contributed by atoms with Gasteiger partial charge in [0.15, 0.2) is 0 Å². The zero-order valence-corrected chi connectivity index (χ0v) is 8.18. The number of amides is 1. The van der Waals surface area contributed by atoms with Crippen LogP contribution in [0.5, 0.6) is 0 Å². The summed E-state index contributed by atoms with van der Waals surface area (Å²) >= 11 is 1.83. The van der Waals surface area contributed by atoms with Crippen LogP contribution in [0.4, 0.5) is 0 Å². The minimum absolute atomic E-state index is 0.0253. The highest BCUT2D eigenvalue weighted by atomic mass is 32.2. The van der Waals surface area contributed by atoms with Crippen LogP contribution < -0.4 is 0 Å². The Bertz CT molecular complexity index is 202. The number of carbonyl (C=O) groups is 2. The second kappa shape index (κ2) is 5.11. The predicted octanol–water partition coefficient (Wildman–Crippen LogP) is 0.427. The van der Waals surface area contributed by atoms with Gasteiger partial charge in [-0.05, 0) is 0 Å². The molecule has 1 heterocycles. The number of carboxylic acid groups (broad SMARTS) is 1. The molecule has 0 bridgehead atoms. The number of rotatable bonds is 3. The zero-order valence-electron chi connectivity index (χ0n) is 7.36. The fraction of sp³-hybridized carbons (Fsp3) is 0.750. The molecule has 1 saturated heterocycles. The third-order valence-electron chi connectivity index (χ3n) is 1.92. The molecule has 0 unspecified atom stereocenters. The average Bonchev–Trinajstić information content (AvgIpc) is 2.15. The lowest BCUT2D eigenvalue weighted by Crippen LogP contribution is -2.37. The molecule has 5 heteroatoms. The van der Waals surface area contributed by atoms with Gasteiger partial charge in [-0.25, -0.2) is 0 Å². The highest BCUT2D eigenvalue weighted by Gasteiger charge is 2.16. The Hall–Kier alpha value is -0.710. The van der Waals surface area contributed by atoms with Crippen molar-refractivity contribution in [1.29, 1.82) is 0 Å². The zero-order chi connectivity index (χ0) is 9.68. The summed E-state index contributed by atoms with van der Waals surface area (Å²) in [6.07, 6.45) is 0.0858. The number of carbonyl (C=O) groups excluding carboxylic acids is 1. The monoisotopic (exact) mass is 203 g/mol. The molecule has 13 heavy (non-hydrogen) atoms. The maximum absolute atomic E-state index is 11.4. The Morgan fingerprint density at radius 2 is 1.85 bits per heavy atom. The predicted molar refractivity (Wildman–Crippen MR) is 50.8 cm³/mol. The largest absolute Gasteiger partial charge is 0.481 e. The normalized spacial score (nSPS) is 17.1. The molecule has 0 aliphatic carbocycles. The van der Waals surface area contributed by atoms with Crippen molar-refractivity contribution in [2.24, 2.45) is 0 Å². The second-order valence-corrected chi connectivity index (χ2v) is 4.11. The van der Waals surface area contributed by atoms with Gasteiger partial charge in [0.05, 0.1) is 6.42 Å². The van der Waals surface area contributed by atoms with E-state index >= 15 is 0 Å². The van der Waals surface area contributed by atoms with Gasteiger partial charge in [-0.2, -0.15) is 11.8 Å². The molecule has 1 aliphatic heterocycles. The first-order valence-electron chi connectivity index (χ1n) is 4.27. The fourth-order valence-corrected chi connectivity index (χ4v) is 2.09. The van der Waals surface area contributed by atoms with Crippen molar-refractivity contribution in [2.45, 2.75) is 12.8 Å². The minimum Gasteiger partial charge on any atom is -0.481 e. The van der Waals surface area contributed by atoms with Gasteiger partial charge >= 0.3 is 5.97 Å². The third-order valence-corrected chi connectivity index (χ3v) is 2.86. The molecular weight excluding hydrogens is 190 g/mol. The van der Waals surface area contributed by atoms with Crippen LogP contribution in [0.3, 0.4) is 0 Å². The molecule has 0 aromatic heterocycles. The molecule has 1 fully saturated rings. The Kier molecular flexibility index (Phi) is 4.08. The highest BCUT2D eigenvalue weighted by molar-refractivity contribution is 7.99. The van der Waals surface area contributed by atoms with Gasteiger partial charge in [0.25, 0.3) is 0 Å². The van der Waals surface area contributed by atoms with E-state index in [4.69, 9.17) is 5.11 Å². The van der Waals surface area contributed by atoms with Gasteiger partial charge in [-0.3, -0.25) is 9.59 Å². The van der Waals surface area contributed by atoms with Gasteiger partial charge < -0.3 is 10.0 Å². The molecule has 4 nitrogen and oxygen atoms in total. The summed E-state index contributed by atoms with van der Waals surface area (Å²) in [5.74, 6) is 1.01. The van der Waals surface area contributed by atoms with Crippen LogP contribution in [0, 0.1) is 0 Å². The van der Waals surface area contributed by atoms with E-state index in [0.717, 1.165) is 24.6 Å². The van der Waals surface area contributed by atoms with Crippen LogP contribution in [0.1, 0.15) is 12.8 Å². The van der Waals surface area contributed by atoms with E-state index in [2.05, 4.69) is 0 Å². The van der Waals surface area contributed by atoms with Crippen molar-refractivity contribution >= 4 is 23.6 Å². The van der Waals surface area contributed by atoms with Crippen molar-refractivity contribution in [3.63, 3.8) is 0 Å².